The Labute approximate surface area is 174 Å². The van der Waals surface area contributed by atoms with E-state index >= 15 is 0 Å². The molecule has 0 spiro atoms. The van der Waals surface area contributed by atoms with Crippen molar-refractivity contribution in [2.45, 2.75) is 17.9 Å². The highest BCUT2D eigenvalue weighted by Gasteiger charge is 2.66. The predicted octanol–water partition coefficient (Wildman–Crippen LogP) is 3.49. The van der Waals surface area contributed by atoms with Crippen LogP contribution in [0.3, 0.4) is 0 Å². The molecule has 0 bridgehead atoms. The molecule has 1 heterocycles. The largest absolute Gasteiger partial charge is 0.490 e. The van der Waals surface area contributed by atoms with Crippen molar-refractivity contribution < 1.29 is 37.0 Å². The van der Waals surface area contributed by atoms with E-state index in [0.717, 1.165) is 24.3 Å². The summed E-state index contributed by atoms with van der Waals surface area (Å²) in [6.45, 7) is 3.70. The fourth-order valence-corrected chi connectivity index (χ4v) is 3.34. The molecule has 3 N–H and O–H groups in total. The fraction of sp³-hybridized carbons (Fsp3) is 0.238. The summed E-state index contributed by atoms with van der Waals surface area (Å²) < 4.78 is 60.1. The molecule has 3 rings (SSSR count). The smallest absolute Gasteiger partial charge is 0.437 e. The first kappa shape index (κ1) is 22.3. The van der Waals surface area contributed by atoms with Crippen molar-refractivity contribution in [1.29, 1.82) is 0 Å². The molecule has 1 aliphatic heterocycles. The molecular formula is C21H18F4N2O4. The second kappa shape index (κ2) is 8.38. The number of hydrogen-bond acceptors (Lipinski definition) is 4. The first-order valence-electron chi connectivity index (χ1n) is 9.08. The van der Waals surface area contributed by atoms with E-state index in [9.17, 15) is 32.3 Å². The summed E-state index contributed by atoms with van der Waals surface area (Å²) in [5, 5.41) is 14.2. The summed E-state index contributed by atoms with van der Waals surface area (Å²) in [7, 11) is 0. The molecule has 2 aromatic rings. The Morgan fingerprint density at radius 3 is 2.32 bits per heavy atom. The number of benzene rings is 2. The Kier molecular flexibility index (Phi) is 6.03. The molecule has 2 aromatic carbocycles. The number of urea groups is 1. The molecule has 3 atom stereocenters. The number of rotatable bonds is 6. The second-order valence-electron chi connectivity index (χ2n) is 6.86. The van der Waals surface area contributed by atoms with Gasteiger partial charge in [0.2, 0.25) is 5.72 Å². The molecule has 6 nitrogen and oxygen atoms in total. The third kappa shape index (κ3) is 4.38. The van der Waals surface area contributed by atoms with Gasteiger partial charge in [0.1, 0.15) is 24.1 Å². The van der Waals surface area contributed by atoms with Gasteiger partial charge < -0.3 is 20.5 Å². The first-order valence-corrected chi connectivity index (χ1v) is 9.08. The summed E-state index contributed by atoms with van der Waals surface area (Å²) in [5.74, 6) is -3.64. The summed E-state index contributed by atoms with van der Waals surface area (Å²) in [5.41, 5.74) is -3.99. The van der Waals surface area contributed by atoms with E-state index in [1.165, 1.54) is 35.7 Å². The molecule has 0 unspecified atom stereocenters. The lowest BCUT2D eigenvalue weighted by Gasteiger charge is -2.45. The van der Waals surface area contributed by atoms with Crippen molar-refractivity contribution in [2.75, 3.05) is 6.61 Å². The highest BCUT2D eigenvalue weighted by molar-refractivity contribution is 6.00. The number of nitrogens with one attached hydrogen (secondary N) is 2. The van der Waals surface area contributed by atoms with Crippen LogP contribution in [0.4, 0.5) is 22.4 Å². The summed E-state index contributed by atoms with van der Waals surface area (Å²) in [4.78, 5) is 25.1. The third-order valence-corrected chi connectivity index (χ3v) is 4.82. The van der Waals surface area contributed by atoms with Gasteiger partial charge in [-0.25, -0.2) is 9.18 Å². The minimum atomic E-state index is -5.38. The number of alkyl halides is 3. The SMILES string of the molecule is C=CCOc1ccc([C@@H]2NC(=O)N[C@](O)(C(F)(F)F)[C@H]2C(=O)c2ccc(F)cc2)cc1. The van der Waals surface area contributed by atoms with Crippen LogP contribution < -0.4 is 15.4 Å². The van der Waals surface area contributed by atoms with Crippen LogP contribution >= 0.6 is 0 Å². The molecule has 164 valence electrons. The summed E-state index contributed by atoms with van der Waals surface area (Å²) in [6.07, 6.45) is -3.88. The number of aliphatic hydroxyl groups is 1. The summed E-state index contributed by atoms with van der Waals surface area (Å²) >= 11 is 0. The quantitative estimate of drug-likeness (QED) is 0.366. The van der Waals surface area contributed by atoms with Crippen molar-refractivity contribution >= 4 is 11.8 Å². The Bertz CT molecular complexity index is 976. The van der Waals surface area contributed by atoms with Crippen LogP contribution in [0, 0.1) is 11.7 Å². The standard InChI is InChI=1S/C21H18F4N2O4/c1-2-11-31-15-9-5-12(6-10-15)17-16(18(28)13-3-7-14(22)8-4-13)20(30,21(23,24)25)27-19(29)26-17/h2-10,16-17,30H,1,11H2,(H2,26,27,29)/t16-,17+,20-/m1/s1. The van der Waals surface area contributed by atoms with E-state index in [1.807, 2.05) is 0 Å². The number of carbonyl (C=O) groups is 2. The van der Waals surface area contributed by atoms with Crippen LogP contribution in [-0.4, -0.2) is 35.4 Å². The molecule has 1 aliphatic rings. The molecule has 10 heteroatoms. The molecule has 0 radical (unpaired) electrons. The van der Waals surface area contributed by atoms with E-state index in [2.05, 4.69) is 11.9 Å². The third-order valence-electron chi connectivity index (χ3n) is 4.82. The lowest BCUT2D eigenvalue weighted by molar-refractivity contribution is -0.287. The molecule has 31 heavy (non-hydrogen) atoms. The first-order chi connectivity index (χ1) is 14.6. The lowest BCUT2D eigenvalue weighted by atomic mass is 9.77. The minimum Gasteiger partial charge on any atom is -0.490 e. The van der Waals surface area contributed by atoms with Gasteiger partial charge in [0.25, 0.3) is 0 Å². The Morgan fingerprint density at radius 1 is 1.16 bits per heavy atom. The number of halogens is 4. The zero-order valence-electron chi connectivity index (χ0n) is 15.9. The molecule has 0 saturated carbocycles. The van der Waals surface area contributed by atoms with Gasteiger partial charge in [0.05, 0.1) is 6.04 Å². The number of ketones is 1. The number of carbonyl (C=O) groups excluding carboxylic acids is 2. The molecule has 1 fully saturated rings. The van der Waals surface area contributed by atoms with Crippen LogP contribution in [0.5, 0.6) is 5.75 Å². The fourth-order valence-electron chi connectivity index (χ4n) is 3.34. The van der Waals surface area contributed by atoms with Crippen molar-refractivity contribution in [3.05, 3.63) is 78.1 Å². The van der Waals surface area contributed by atoms with E-state index in [0.29, 0.717) is 5.75 Å². The van der Waals surface area contributed by atoms with Crippen LogP contribution in [0.1, 0.15) is 22.0 Å². The zero-order chi connectivity index (χ0) is 22.8. The van der Waals surface area contributed by atoms with Crippen LogP contribution in [0.2, 0.25) is 0 Å². The van der Waals surface area contributed by atoms with Gasteiger partial charge in [0, 0.05) is 5.56 Å². The molecule has 0 aliphatic carbocycles. The van der Waals surface area contributed by atoms with Crippen molar-refractivity contribution in [2.24, 2.45) is 5.92 Å². The van der Waals surface area contributed by atoms with Crippen LogP contribution in [0.15, 0.2) is 61.2 Å². The Hall–Kier alpha value is -3.40. The number of Topliss-reactive ketones (excluding diaryl/α,β-unsaturated/α-hetero) is 1. The lowest BCUT2D eigenvalue weighted by Crippen LogP contribution is -2.72. The van der Waals surface area contributed by atoms with Gasteiger partial charge in [-0.3, -0.25) is 4.79 Å². The number of ether oxygens (including phenoxy) is 1. The van der Waals surface area contributed by atoms with Crippen LogP contribution in [0.25, 0.3) is 0 Å². The maximum atomic E-state index is 13.8. The Morgan fingerprint density at radius 2 is 1.77 bits per heavy atom. The summed E-state index contributed by atoms with van der Waals surface area (Å²) in [6, 6.07) is 6.63. The normalized spacial score (nSPS) is 23.5. The second-order valence-corrected chi connectivity index (χ2v) is 6.86. The highest BCUT2D eigenvalue weighted by Crippen LogP contribution is 2.44. The monoisotopic (exact) mass is 438 g/mol. The topological polar surface area (TPSA) is 87.7 Å². The Balaban J connectivity index is 2.07. The van der Waals surface area contributed by atoms with Gasteiger partial charge in [-0.15, -0.1) is 0 Å². The average molecular weight is 438 g/mol. The van der Waals surface area contributed by atoms with E-state index in [1.54, 1.807) is 0 Å². The average Bonchev–Trinajstić information content (AvgIpc) is 2.71. The van der Waals surface area contributed by atoms with E-state index < -0.39 is 41.5 Å². The maximum absolute atomic E-state index is 13.8. The van der Waals surface area contributed by atoms with Crippen molar-refractivity contribution in [3.63, 3.8) is 0 Å². The predicted molar refractivity (Wildman–Crippen MR) is 102 cm³/mol. The van der Waals surface area contributed by atoms with Crippen molar-refractivity contribution in [3.8, 4) is 5.75 Å². The molecule has 2 amide bonds. The zero-order valence-corrected chi connectivity index (χ0v) is 15.9. The van der Waals surface area contributed by atoms with Gasteiger partial charge in [-0.2, -0.15) is 13.2 Å². The van der Waals surface area contributed by atoms with Gasteiger partial charge in [0.15, 0.2) is 5.78 Å². The molecule has 1 saturated heterocycles. The van der Waals surface area contributed by atoms with E-state index in [4.69, 9.17) is 4.74 Å². The van der Waals surface area contributed by atoms with Crippen LogP contribution in [-0.2, 0) is 0 Å². The minimum absolute atomic E-state index is 0.129. The highest BCUT2D eigenvalue weighted by atomic mass is 19.4. The number of hydrogen-bond donors (Lipinski definition) is 3. The van der Waals surface area contributed by atoms with E-state index in [-0.39, 0.29) is 17.7 Å². The number of amides is 2. The molecular weight excluding hydrogens is 420 g/mol. The van der Waals surface area contributed by atoms with Gasteiger partial charge in [-0.05, 0) is 42.0 Å². The van der Waals surface area contributed by atoms with Crippen molar-refractivity contribution in [1.82, 2.24) is 10.6 Å². The van der Waals surface area contributed by atoms with Gasteiger partial charge >= 0.3 is 12.2 Å². The van der Waals surface area contributed by atoms with Gasteiger partial charge in [-0.1, -0.05) is 24.8 Å². The molecule has 0 aromatic heterocycles. The maximum Gasteiger partial charge on any atom is 0.437 e.